The molecule has 1 N–H and O–H groups in total. The summed E-state index contributed by atoms with van der Waals surface area (Å²) in [4.78, 5) is 11.0. The van der Waals surface area contributed by atoms with E-state index in [1.807, 2.05) is 12.1 Å². The smallest absolute Gasteiger partial charge is 0.216 e. The van der Waals surface area contributed by atoms with Crippen molar-refractivity contribution in [3.63, 3.8) is 0 Å². The van der Waals surface area contributed by atoms with E-state index in [1.165, 1.54) is 23.3 Å². The number of fused-ring (bicyclic) bond motifs is 1. The summed E-state index contributed by atoms with van der Waals surface area (Å²) in [7, 11) is 0. The first-order valence-corrected chi connectivity index (χ1v) is 7.04. The highest BCUT2D eigenvalue weighted by atomic mass is 16.3. The van der Waals surface area contributed by atoms with Crippen LogP contribution in [0.1, 0.15) is 12.5 Å². The summed E-state index contributed by atoms with van der Waals surface area (Å²) in [5, 5.41) is 5.25. The number of hydrogen-bond acceptors (Lipinski definition) is 2. The minimum Gasteiger partial charge on any atom is -0.464 e. The minimum atomic E-state index is 0.00603. The Hall–Kier alpha value is -2.55. The maximum atomic E-state index is 11.0. The molecular weight excluding hydrogens is 262 g/mol. The lowest BCUT2D eigenvalue weighted by Gasteiger charge is -2.08. The van der Waals surface area contributed by atoms with E-state index >= 15 is 0 Å². The van der Waals surface area contributed by atoms with E-state index in [-0.39, 0.29) is 5.91 Å². The summed E-state index contributed by atoms with van der Waals surface area (Å²) in [5.74, 6) is 0.875. The second-order valence-electron chi connectivity index (χ2n) is 5.06. The number of nitrogens with one attached hydrogen (secondary N) is 1. The van der Waals surface area contributed by atoms with Gasteiger partial charge >= 0.3 is 0 Å². The van der Waals surface area contributed by atoms with Crippen LogP contribution in [0.25, 0.3) is 22.1 Å². The van der Waals surface area contributed by atoms with Crippen LogP contribution in [0, 0.1) is 0 Å². The van der Waals surface area contributed by atoms with Gasteiger partial charge < -0.3 is 9.73 Å². The third kappa shape index (κ3) is 2.97. The van der Waals surface area contributed by atoms with Crippen LogP contribution in [0.15, 0.2) is 59.2 Å². The molecule has 2 aromatic carbocycles. The Kier molecular flexibility index (Phi) is 3.73. The standard InChI is InChI=1S/C18H17NO2/c1-13(20)19-10-9-15-5-2-4-14-7-8-16(12-17(14)15)18-6-3-11-21-18/h2-8,11-12H,9-10H2,1H3,(H,19,20). The van der Waals surface area contributed by atoms with Crippen LogP contribution in [-0.2, 0) is 11.2 Å². The van der Waals surface area contributed by atoms with Crippen molar-refractivity contribution in [2.45, 2.75) is 13.3 Å². The Morgan fingerprint density at radius 3 is 2.81 bits per heavy atom. The molecule has 0 atom stereocenters. The third-order valence-electron chi connectivity index (χ3n) is 3.55. The highest BCUT2D eigenvalue weighted by molar-refractivity contribution is 5.89. The first kappa shape index (κ1) is 13.4. The lowest BCUT2D eigenvalue weighted by Crippen LogP contribution is -2.22. The molecule has 3 heteroatoms. The lowest BCUT2D eigenvalue weighted by atomic mass is 9.99. The van der Waals surface area contributed by atoms with Crippen molar-refractivity contribution in [3.05, 3.63) is 60.4 Å². The van der Waals surface area contributed by atoms with Crippen molar-refractivity contribution in [2.24, 2.45) is 0 Å². The Morgan fingerprint density at radius 1 is 1.14 bits per heavy atom. The van der Waals surface area contributed by atoms with Crippen LogP contribution >= 0.6 is 0 Å². The molecule has 21 heavy (non-hydrogen) atoms. The van der Waals surface area contributed by atoms with Crippen molar-refractivity contribution < 1.29 is 9.21 Å². The highest BCUT2D eigenvalue weighted by Crippen LogP contribution is 2.27. The molecule has 0 unspecified atom stereocenters. The summed E-state index contributed by atoms with van der Waals surface area (Å²) in [5.41, 5.74) is 2.30. The van der Waals surface area contributed by atoms with E-state index in [2.05, 4.69) is 41.7 Å². The molecule has 0 spiro atoms. The van der Waals surface area contributed by atoms with E-state index in [0.717, 1.165) is 17.7 Å². The van der Waals surface area contributed by atoms with E-state index in [1.54, 1.807) is 6.26 Å². The largest absolute Gasteiger partial charge is 0.464 e. The molecule has 106 valence electrons. The quantitative estimate of drug-likeness (QED) is 0.789. The summed E-state index contributed by atoms with van der Waals surface area (Å²) < 4.78 is 5.46. The van der Waals surface area contributed by atoms with Gasteiger partial charge in [-0.15, -0.1) is 0 Å². The molecule has 1 aromatic heterocycles. The average molecular weight is 279 g/mol. The van der Waals surface area contributed by atoms with E-state index in [9.17, 15) is 4.79 Å². The predicted octanol–water partition coefficient (Wildman–Crippen LogP) is 3.78. The fourth-order valence-corrected chi connectivity index (χ4v) is 2.52. The highest BCUT2D eigenvalue weighted by Gasteiger charge is 2.05. The topological polar surface area (TPSA) is 42.2 Å². The SMILES string of the molecule is CC(=O)NCCc1cccc2ccc(-c3ccco3)cc12. The zero-order valence-corrected chi connectivity index (χ0v) is 11.9. The van der Waals surface area contributed by atoms with Gasteiger partial charge in [0.1, 0.15) is 5.76 Å². The predicted molar refractivity (Wildman–Crippen MR) is 84.0 cm³/mol. The number of rotatable bonds is 4. The van der Waals surface area contributed by atoms with Crippen LogP contribution in [0.5, 0.6) is 0 Å². The van der Waals surface area contributed by atoms with Gasteiger partial charge in [-0.2, -0.15) is 0 Å². The molecule has 3 rings (SSSR count). The van der Waals surface area contributed by atoms with Gasteiger partial charge in [0.15, 0.2) is 0 Å². The summed E-state index contributed by atoms with van der Waals surface area (Å²) in [6, 6.07) is 16.4. The molecule has 0 saturated heterocycles. The van der Waals surface area contributed by atoms with Gasteiger partial charge in [0.05, 0.1) is 6.26 Å². The third-order valence-corrected chi connectivity index (χ3v) is 3.55. The normalized spacial score (nSPS) is 10.7. The molecule has 3 nitrogen and oxygen atoms in total. The maximum absolute atomic E-state index is 11.0. The van der Waals surface area contributed by atoms with Crippen LogP contribution in [0.2, 0.25) is 0 Å². The summed E-state index contributed by atoms with van der Waals surface area (Å²) in [6.45, 7) is 2.19. The Bertz CT molecular complexity index is 760. The van der Waals surface area contributed by atoms with Crippen LogP contribution in [-0.4, -0.2) is 12.5 Å². The average Bonchev–Trinajstić information content (AvgIpc) is 3.01. The van der Waals surface area contributed by atoms with Gasteiger partial charge in [0.25, 0.3) is 0 Å². The molecule has 0 aliphatic rings. The van der Waals surface area contributed by atoms with Crippen molar-refractivity contribution in [2.75, 3.05) is 6.54 Å². The number of amides is 1. The van der Waals surface area contributed by atoms with E-state index in [0.29, 0.717) is 6.54 Å². The molecule has 0 aliphatic heterocycles. The minimum absolute atomic E-state index is 0.00603. The molecular formula is C18H17NO2. The fourth-order valence-electron chi connectivity index (χ4n) is 2.52. The second-order valence-corrected chi connectivity index (χ2v) is 5.06. The Labute approximate surface area is 123 Å². The lowest BCUT2D eigenvalue weighted by molar-refractivity contribution is -0.118. The van der Waals surface area contributed by atoms with Crippen molar-refractivity contribution >= 4 is 16.7 Å². The Balaban J connectivity index is 1.96. The molecule has 0 aliphatic carbocycles. The number of carbonyl (C=O) groups is 1. The number of carbonyl (C=O) groups excluding carboxylic acids is 1. The number of benzene rings is 2. The van der Waals surface area contributed by atoms with Gasteiger partial charge in [-0.25, -0.2) is 0 Å². The maximum Gasteiger partial charge on any atom is 0.216 e. The van der Waals surface area contributed by atoms with Gasteiger partial charge in [-0.3, -0.25) is 4.79 Å². The van der Waals surface area contributed by atoms with Gasteiger partial charge in [0.2, 0.25) is 5.91 Å². The molecule has 0 radical (unpaired) electrons. The molecule has 0 saturated carbocycles. The van der Waals surface area contributed by atoms with Gasteiger partial charge in [0, 0.05) is 19.0 Å². The summed E-state index contributed by atoms with van der Waals surface area (Å²) >= 11 is 0. The first-order valence-electron chi connectivity index (χ1n) is 7.04. The fraction of sp³-hybridized carbons (Fsp3) is 0.167. The number of furan rings is 1. The van der Waals surface area contributed by atoms with Crippen molar-refractivity contribution in [1.29, 1.82) is 0 Å². The molecule has 1 heterocycles. The number of hydrogen-bond donors (Lipinski definition) is 1. The molecule has 1 amide bonds. The molecule has 3 aromatic rings. The monoisotopic (exact) mass is 279 g/mol. The van der Waals surface area contributed by atoms with E-state index in [4.69, 9.17) is 4.42 Å². The van der Waals surface area contributed by atoms with Gasteiger partial charge in [-0.05, 0) is 41.0 Å². The molecule has 0 fully saturated rings. The second kappa shape index (κ2) is 5.83. The summed E-state index contributed by atoms with van der Waals surface area (Å²) in [6.07, 6.45) is 2.50. The van der Waals surface area contributed by atoms with Crippen LogP contribution in [0.3, 0.4) is 0 Å². The molecule has 0 bridgehead atoms. The van der Waals surface area contributed by atoms with Gasteiger partial charge in [-0.1, -0.05) is 30.3 Å². The Morgan fingerprint density at radius 2 is 2.05 bits per heavy atom. The zero-order chi connectivity index (χ0) is 14.7. The van der Waals surface area contributed by atoms with E-state index < -0.39 is 0 Å². The van der Waals surface area contributed by atoms with Crippen LogP contribution in [0.4, 0.5) is 0 Å². The first-order chi connectivity index (χ1) is 10.2. The van der Waals surface area contributed by atoms with Crippen molar-refractivity contribution in [1.82, 2.24) is 5.32 Å². The van der Waals surface area contributed by atoms with Crippen molar-refractivity contribution in [3.8, 4) is 11.3 Å². The zero-order valence-electron chi connectivity index (χ0n) is 11.9. The van der Waals surface area contributed by atoms with Crippen LogP contribution < -0.4 is 5.32 Å².